The van der Waals surface area contributed by atoms with Gasteiger partial charge in [0.15, 0.2) is 0 Å². The molecule has 0 unspecified atom stereocenters. The number of H-pyrrole nitrogens is 1. The third-order valence-corrected chi connectivity index (χ3v) is 8.45. The Morgan fingerprint density at radius 1 is 1.00 bits per heavy atom. The van der Waals surface area contributed by atoms with Gasteiger partial charge < -0.3 is 35.3 Å². The molecule has 12 heteroatoms. The van der Waals surface area contributed by atoms with E-state index in [9.17, 15) is 23.6 Å². The molecular formula is C35H36FN5O6. The zero-order chi connectivity index (χ0) is 32.8. The quantitative estimate of drug-likeness (QED) is 0.229. The van der Waals surface area contributed by atoms with Crippen LogP contribution in [0.5, 0.6) is 11.5 Å². The van der Waals surface area contributed by atoms with Gasteiger partial charge in [0, 0.05) is 30.1 Å². The molecule has 2 aliphatic rings. The Morgan fingerprint density at radius 3 is 2.64 bits per heavy atom. The number of rotatable bonds is 7. The van der Waals surface area contributed by atoms with Crippen LogP contribution in [0.1, 0.15) is 35.2 Å². The number of hydrogen-bond acceptors (Lipinski definition) is 6. The van der Waals surface area contributed by atoms with Crippen LogP contribution >= 0.6 is 0 Å². The van der Waals surface area contributed by atoms with E-state index < -0.39 is 42.0 Å². The summed E-state index contributed by atoms with van der Waals surface area (Å²) in [5.41, 5.74) is 1.98. The summed E-state index contributed by atoms with van der Waals surface area (Å²) in [6, 6.07) is 17.4. The fourth-order valence-electron chi connectivity index (χ4n) is 6.07. The van der Waals surface area contributed by atoms with Crippen molar-refractivity contribution in [2.75, 3.05) is 26.3 Å². The predicted octanol–water partition coefficient (Wildman–Crippen LogP) is 3.10. The van der Waals surface area contributed by atoms with Crippen molar-refractivity contribution in [3.8, 4) is 11.5 Å². The molecule has 1 aromatic heterocycles. The Balaban J connectivity index is 1.23. The zero-order valence-corrected chi connectivity index (χ0v) is 25.7. The second kappa shape index (κ2) is 14.4. The molecular weight excluding hydrogens is 605 g/mol. The van der Waals surface area contributed by atoms with Crippen LogP contribution in [-0.2, 0) is 20.8 Å². The van der Waals surface area contributed by atoms with Crippen LogP contribution < -0.4 is 25.4 Å². The van der Waals surface area contributed by atoms with Crippen molar-refractivity contribution in [2.45, 2.75) is 43.8 Å². The van der Waals surface area contributed by atoms with E-state index in [2.05, 4.69) is 20.9 Å². The van der Waals surface area contributed by atoms with Gasteiger partial charge in [-0.05, 0) is 60.9 Å². The third kappa shape index (κ3) is 7.54. The van der Waals surface area contributed by atoms with Gasteiger partial charge in [-0.15, -0.1) is 0 Å². The number of nitrogens with zero attached hydrogens (tertiary/aromatic N) is 1. The molecule has 47 heavy (non-hydrogen) atoms. The van der Waals surface area contributed by atoms with Crippen molar-refractivity contribution in [1.82, 2.24) is 25.8 Å². The second-order valence-electron chi connectivity index (χ2n) is 11.6. The number of ether oxygens (including phenoxy) is 2. The van der Waals surface area contributed by atoms with Gasteiger partial charge in [0.05, 0.1) is 24.6 Å². The largest absolute Gasteiger partial charge is 0.492 e. The summed E-state index contributed by atoms with van der Waals surface area (Å²) in [6.45, 7) is 0.809. The van der Waals surface area contributed by atoms with Gasteiger partial charge in [0.25, 0.3) is 5.91 Å². The minimum atomic E-state index is -1.27. The number of fused-ring (bicyclic) bond motifs is 3. The van der Waals surface area contributed by atoms with E-state index >= 15 is 0 Å². The zero-order valence-electron chi connectivity index (χ0n) is 25.7. The van der Waals surface area contributed by atoms with Crippen LogP contribution in [0.15, 0.2) is 79.0 Å². The molecule has 1 fully saturated rings. The topological polar surface area (TPSA) is 142 Å². The Morgan fingerprint density at radius 2 is 1.79 bits per heavy atom. The van der Waals surface area contributed by atoms with Crippen LogP contribution in [0.3, 0.4) is 0 Å². The first-order valence-electron chi connectivity index (χ1n) is 15.7. The van der Waals surface area contributed by atoms with Crippen LogP contribution in [0.2, 0.25) is 0 Å². The first-order chi connectivity index (χ1) is 22.9. The summed E-state index contributed by atoms with van der Waals surface area (Å²) in [7, 11) is 0. The highest BCUT2D eigenvalue weighted by atomic mass is 19.1. The summed E-state index contributed by atoms with van der Waals surface area (Å²) >= 11 is 0. The normalized spacial score (nSPS) is 20.3. The molecule has 0 bridgehead atoms. The molecule has 3 heterocycles. The van der Waals surface area contributed by atoms with Gasteiger partial charge >= 0.3 is 0 Å². The van der Waals surface area contributed by atoms with Gasteiger partial charge in [-0.25, -0.2) is 4.39 Å². The van der Waals surface area contributed by atoms with E-state index in [1.165, 1.54) is 24.3 Å². The molecule has 1 saturated heterocycles. The number of aromatic amines is 1. The Kier molecular flexibility index (Phi) is 9.65. The molecule has 0 radical (unpaired) electrons. The number of aromatic nitrogens is 1. The average Bonchev–Trinajstić information content (AvgIpc) is 3.72. The minimum Gasteiger partial charge on any atom is -0.492 e. The molecule has 0 spiro atoms. The lowest BCUT2D eigenvalue weighted by atomic mass is 10.0. The number of halogens is 1. The van der Waals surface area contributed by atoms with E-state index in [4.69, 9.17) is 9.47 Å². The molecule has 3 atom stereocenters. The number of hydrogen-bond donors (Lipinski definition) is 4. The molecule has 4 N–H and O–H groups in total. The van der Waals surface area contributed by atoms with E-state index in [-0.39, 0.29) is 43.7 Å². The second-order valence-corrected chi connectivity index (χ2v) is 11.6. The maximum Gasteiger partial charge on any atom is 0.255 e. The molecule has 244 valence electrons. The molecule has 11 nitrogen and oxygen atoms in total. The minimum absolute atomic E-state index is 0.0575. The lowest BCUT2D eigenvalue weighted by Crippen LogP contribution is -2.54. The lowest BCUT2D eigenvalue weighted by molar-refractivity contribution is -0.138. The first-order valence-corrected chi connectivity index (χ1v) is 15.7. The molecule has 4 aromatic rings. The lowest BCUT2D eigenvalue weighted by Gasteiger charge is -2.30. The van der Waals surface area contributed by atoms with E-state index in [1.54, 1.807) is 29.2 Å². The van der Waals surface area contributed by atoms with Gasteiger partial charge in [0.2, 0.25) is 17.7 Å². The molecule has 0 aliphatic carbocycles. The Hall–Kier alpha value is -5.39. The fourth-order valence-corrected chi connectivity index (χ4v) is 6.07. The summed E-state index contributed by atoms with van der Waals surface area (Å²) < 4.78 is 24.9. The number of carbonyl (C=O) groups excluding carboxylic acids is 4. The highest BCUT2D eigenvalue weighted by Gasteiger charge is 2.36. The van der Waals surface area contributed by atoms with Crippen LogP contribution in [0, 0.1) is 5.82 Å². The van der Waals surface area contributed by atoms with Crippen molar-refractivity contribution >= 4 is 34.5 Å². The van der Waals surface area contributed by atoms with E-state index in [0.29, 0.717) is 18.0 Å². The molecule has 3 aromatic carbocycles. The third-order valence-electron chi connectivity index (χ3n) is 8.45. The van der Waals surface area contributed by atoms with Crippen molar-refractivity contribution in [3.63, 3.8) is 0 Å². The molecule has 0 saturated carbocycles. The van der Waals surface area contributed by atoms with Crippen LogP contribution in [-0.4, -0.2) is 77.9 Å². The maximum absolute atomic E-state index is 14.1. The first kappa shape index (κ1) is 31.6. The number of benzene rings is 3. The number of amides is 4. The number of para-hydroxylation sites is 2. The molecule has 4 amide bonds. The van der Waals surface area contributed by atoms with Gasteiger partial charge in [-0.1, -0.05) is 30.3 Å². The fraction of sp³-hybridized carbons (Fsp3) is 0.314. The Labute approximate surface area is 270 Å². The molecule has 6 rings (SSSR count). The Bertz CT molecular complexity index is 1760. The monoisotopic (exact) mass is 641 g/mol. The van der Waals surface area contributed by atoms with Gasteiger partial charge in [-0.3, -0.25) is 19.2 Å². The highest BCUT2D eigenvalue weighted by molar-refractivity contribution is 6.01. The standard InChI is InChI=1S/C35H36FN5O6/c36-23-11-13-25(14-12-23)46-17-15-37-34(44)29-19-32(42)39-30(18-22-20-38-28-9-3-1-7-26(22)28)35(45)41-16-5-6-24(41)21-47-31-10-4-2-8-27(31)33(43)40-29/h1-4,7-14,20,24,29-30,38H,5-6,15-19,21H2,(H,37,44)(H,39,42)(H,40,43)/t24-,29+,30+/m1/s1. The maximum atomic E-state index is 14.1. The predicted molar refractivity (Wildman–Crippen MR) is 171 cm³/mol. The summed E-state index contributed by atoms with van der Waals surface area (Å²) in [5, 5.41) is 9.21. The van der Waals surface area contributed by atoms with Crippen LogP contribution in [0.4, 0.5) is 4.39 Å². The van der Waals surface area contributed by atoms with Crippen LogP contribution in [0.25, 0.3) is 10.9 Å². The summed E-state index contributed by atoms with van der Waals surface area (Å²) in [6.07, 6.45) is 3.15. The van der Waals surface area contributed by atoms with Gasteiger partial charge in [-0.2, -0.15) is 0 Å². The van der Waals surface area contributed by atoms with Crippen molar-refractivity contribution < 1.29 is 33.0 Å². The average molecular weight is 642 g/mol. The van der Waals surface area contributed by atoms with E-state index in [0.717, 1.165) is 29.3 Å². The number of nitrogens with one attached hydrogen (secondary N) is 4. The highest BCUT2D eigenvalue weighted by Crippen LogP contribution is 2.25. The summed E-state index contributed by atoms with van der Waals surface area (Å²) in [5.74, 6) is -1.65. The van der Waals surface area contributed by atoms with Gasteiger partial charge in [0.1, 0.15) is 42.6 Å². The SMILES string of the molecule is O=C1C[C@@H](C(=O)NCCOc2ccc(F)cc2)NC(=O)c2ccccc2OC[C@H]2CCCN2C(=O)[C@H](Cc2c[nH]c3ccccc23)N1. The smallest absolute Gasteiger partial charge is 0.255 e. The van der Waals surface area contributed by atoms with Crippen molar-refractivity contribution in [1.29, 1.82) is 0 Å². The number of carbonyl (C=O) groups is 4. The molecule has 2 aliphatic heterocycles. The van der Waals surface area contributed by atoms with Crippen molar-refractivity contribution in [2.24, 2.45) is 0 Å². The summed E-state index contributed by atoms with van der Waals surface area (Å²) in [4.78, 5) is 59.5. The van der Waals surface area contributed by atoms with Crippen molar-refractivity contribution in [3.05, 3.63) is 95.9 Å². The van der Waals surface area contributed by atoms with E-state index in [1.807, 2.05) is 30.5 Å².